The van der Waals surface area contributed by atoms with Gasteiger partial charge in [-0.25, -0.2) is 9.38 Å². The van der Waals surface area contributed by atoms with Crippen molar-refractivity contribution < 1.29 is 4.39 Å². The number of nitrogens with one attached hydrogen (secondary N) is 2. The zero-order chi connectivity index (χ0) is 17.2. The minimum Gasteiger partial charge on any atom is -0.357 e. The SMILES string of the molecule is CCNC(=NCc1ccc(C#N)cc1F)NCCc1ccccn1.I. The maximum absolute atomic E-state index is 13.9. The van der Waals surface area contributed by atoms with Crippen molar-refractivity contribution in [1.29, 1.82) is 5.26 Å². The maximum atomic E-state index is 13.9. The molecule has 0 radical (unpaired) electrons. The van der Waals surface area contributed by atoms with Gasteiger partial charge < -0.3 is 10.6 Å². The first-order valence-electron chi connectivity index (χ1n) is 7.83. The van der Waals surface area contributed by atoms with E-state index < -0.39 is 5.82 Å². The van der Waals surface area contributed by atoms with E-state index in [1.165, 1.54) is 6.07 Å². The van der Waals surface area contributed by atoms with Crippen LogP contribution in [0.3, 0.4) is 0 Å². The lowest BCUT2D eigenvalue weighted by Crippen LogP contribution is -2.38. The molecule has 5 nitrogen and oxygen atoms in total. The molecule has 0 fully saturated rings. The highest BCUT2D eigenvalue weighted by Crippen LogP contribution is 2.11. The van der Waals surface area contributed by atoms with Gasteiger partial charge in [0.2, 0.25) is 0 Å². The van der Waals surface area contributed by atoms with Crippen LogP contribution in [0.5, 0.6) is 0 Å². The Hall–Kier alpha value is -2.21. The second-order valence-electron chi connectivity index (χ2n) is 5.11. The summed E-state index contributed by atoms with van der Waals surface area (Å²) in [7, 11) is 0. The largest absolute Gasteiger partial charge is 0.357 e. The topological polar surface area (TPSA) is 73.1 Å². The first-order valence-corrected chi connectivity index (χ1v) is 7.83. The number of aliphatic imine (C=N–C) groups is 1. The number of hydrogen-bond acceptors (Lipinski definition) is 3. The first-order chi connectivity index (χ1) is 11.7. The fourth-order valence-electron chi connectivity index (χ4n) is 2.11. The van der Waals surface area contributed by atoms with Crippen LogP contribution in [0.25, 0.3) is 0 Å². The summed E-state index contributed by atoms with van der Waals surface area (Å²) in [6.07, 6.45) is 2.54. The Labute approximate surface area is 164 Å². The van der Waals surface area contributed by atoms with E-state index in [1.54, 1.807) is 18.3 Å². The van der Waals surface area contributed by atoms with E-state index in [0.717, 1.165) is 12.1 Å². The number of guanidine groups is 1. The van der Waals surface area contributed by atoms with E-state index >= 15 is 0 Å². The van der Waals surface area contributed by atoms with Gasteiger partial charge in [0, 0.05) is 37.0 Å². The number of aromatic nitrogens is 1. The van der Waals surface area contributed by atoms with Gasteiger partial charge in [0.1, 0.15) is 5.82 Å². The van der Waals surface area contributed by atoms with Crippen LogP contribution in [0.1, 0.15) is 23.7 Å². The molecule has 1 aromatic heterocycles. The number of hydrogen-bond donors (Lipinski definition) is 2. The molecule has 132 valence electrons. The lowest BCUT2D eigenvalue weighted by molar-refractivity contribution is 0.609. The van der Waals surface area contributed by atoms with Crippen molar-refractivity contribution in [3.05, 3.63) is 65.2 Å². The standard InChI is InChI=1S/C18H20FN5.HI/c1-2-21-18(23-10-8-16-5-3-4-9-22-16)24-13-15-7-6-14(12-20)11-17(15)19;/h3-7,9,11H,2,8,10,13H2,1H3,(H2,21,23,24);1H. The second-order valence-corrected chi connectivity index (χ2v) is 5.11. The van der Waals surface area contributed by atoms with Gasteiger partial charge in [-0.3, -0.25) is 4.98 Å². The number of nitrogens with zero attached hydrogens (tertiary/aromatic N) is 3. The Bertz CT molecular complexity index is 728. The van der Waals surface area contributed by atoms with E-state index in [-0.39, 0.29) is 30.5 Å². The molecule has 0 aliphatic carbocycles. The smallest absolute Gasteiger partial charge is 0.191 e. The molecule has 7 heteroatoms. The van der Waals surface area contributed by atoms with Crippen LogP contribution in [0, 0.1) is 17.1 Å². The lowest BCUT2D eigenvalue weighted by atomic mass is 10.1. The van der Waals surface area contributed by atoms with Crippen molar-refractivity contribution >= 4 is 29.9 Å². The fraction of sp³-hybridized carbons (Fsp3) is 0.278. The van der Waals surface area contributed by atoms with Gasteiger partial charge in [0.05, 0.1) is 18.2 Å². The van der Waals surface area contributed by atoms with Crippen molar-refractivity contribution in [2.24, 2.45) is 4.99 Å². The number of halogens is 2. The lowest BCUT2D eigenvalue weighted by Gasteiger charge is -2.11. The van der Waals surface area contributed by atoms with Crippen LogP contribution in [-0.2, 0) is 13.0 Å². The summed E-state index contributed by atoms with van der Waals surface area (Å²) in [5, 5.41) is 15.1. The Morgan fingerprint density at radius 1 is 1.28 bits per heavy atom. The van der Waals surface area contributed by atoms with Crippen LogP contribution in [0.4, 0.5) is 4.39 Å². The molecule has 0 saturated heterocycles. The second kappa shape index (κ2) is 11.4. The van der Waals surface area contributed by atoms with E-state index in [1.807, 2.05) is 31.2 Å². The summed E-state index contributed by atoms with van der Waals surface area (Å²) >= 11 is 0. The predicted octanol–water partition coefficient (Wildman–Crippen LogP) is 3.01. The molecule has 0 aliphatic heterocycles. The average molecular weight is 453 g/mol. The molecule has 0 saturated carbocycles. The van der Waals surface area contributed by atoms with Crippen molar-refractivity contribution in [3.8, 4) is 6.07 Å². The van der Waals surface area contributed by atoms with Crippen LogP contribution >= 0.6 is 24.0 Å². The fourth-order valence-corrected chi connectivity index (χ4v) is 2.11. The molecule has 0 unspecified atom stereocenters. The average Bonchev–Trinajstić information content (AvgIpc) is 2.61. The molecular formula is C18H21FIN5. The zero-order valence-electron chi connectivity index (χ0n) is 14.0. The number of nitriles is 1. The number of benzene rings is 1. The van der Waals surface area contributed by atoms with Crippen molar-refractivity contribution in [2.45, 2.75) is 19.9 Å². The van der Waals surface area contributed by atoms with Gasteiger partial charge in [0.25, 0.3) is 0 Å². The molecule has 0 bridgehead atoms. The number of rotatable bonds is 6. The highest BCUT2D eigenvalue weighted by atomic mass is 127. The molecular weight excluding hydrogens is 432 g/mol. The minimum absolute atomic E-state index is 0. The third-order valence-electron chi connectivity index (χ3n) is 3.33. The van der Waals surface area contributed by atoms with E-state index in [2.05, 4.69) is 20.6 Å². The van der Waals surface area contributed by atoms with Gasteiger partial charge >= 0.3 is 0 Å². The summed E-state index contributed by atoms with van der Waals surface area (Å²) in [4.78, 5) is 8.65. The molecule has 0 spiro atoms. The molecule has 1 aromatic carbocycles. The predicted molar refractivity (Wildman–Crippen MR) is 107 cm³/mol. The van der Waals surface area contributed by atoms with Crippen LogP contribution in [-0.4, -0.2) is 24.0 Å². The van der Waals surface area contributed by atoms with E-state index in [9.17, 15) is 4.39 Å². The molecule has 2 N–H and O–H groups in total. The van der Waals surface area contributed by atoms with Gasteiger partial charge in [-0.1, -0.05) is 12.1 Å². The Morgan fingerprint density at radius 2 is 2.12 bits per heavy atom. The third kappa shape index (κ3) is 7.05. The summed E-state index contributed by atoms with van der Waals surface area (Å²) in [6, 6.07) is 12.1. The number of pyridine rings is 1. The maximum Gasteiger partial charge on any atom is 0.191 e. The molecule has 1 heterocycles. The normalized spacial score (nSPS) is 10.5. The van der Waals surface area contributed by atoms with Gasteiger partial charge in [0.15, 0.2) is 5.96 Å². The minimum atomic E-state index is -0.415. The molecule has 0 aliphatic rings. The third-order valence-corrected chi connectivity index (χ3v) is 3.33. The highest BCUT2D eigenvalue weighted by molar-refractivity contribution is 14.0. The summed E-state index contributed by atoms with van der Waals surface area (Å²) < 4.78 is 13.9. The van der Waals surface area contributed by atoms with Gasteiger partial charge in [-0.05, 0) is 31.2 Å². The quantitative estimate of drug-likeness (QED) is 0.401. The van der Waals surface area contributed by atoms with Crippen LogP contribution < -0.4 is 10.6 Å². The summed E-state index contributed by atoms with van der Waals surface area (Å²) in [5.41, 5.74) is 1.76. The van der Waals surface area contributed by atoms with Crippen LogP contribution in [0.2, 0.25) is 0 Å². The summed E-state index contributed by atoms with van der Waals surface area (Å²) in [5.74, 6) is 0.208. The van der Waals surface area contributed by atoms with Crippen molar-refractivity contribution in [3.63, 3.8) is 0 Å². The molecule has 0 atom stereocenters. The monoisotopic (exact) mass is 453 g/mol. The molecule has 25 heavy (non-hydrogen) atoms. The van der Waals surface area contributed by atoms with Crippen molar-refractivity contribution in [1.82, 2.24) is 15.6 Å². The molecule has 0 amide bonds. The van der Waals surface area contributed by atoms with E-state index in [4.69, 9.17) is 5.26 Å². The van der Waals surface area contributed by atoms with Crippen LogP contribution in [0.15, 0.2) is 47.6 Å². The Kier molecular flexibility index (Phi) is 9.47. The first kappa shape index (κ1) is 20.8. The Morgan fingerprint density at radius 3 is 2.76 bits per heavy atom. The van der Waals surface area contributed by atoms with E-state index in [0.29, 0.717) is 30.2 Å². The van der Waals surface area contributed by atoms with Gasteiger partial charge in [-0.2, -0.15) is 5.26 Å². The Balaban J connectivity index is 0.00000312. The van der Waals surface area contributed by atoms with Crippen molar-refractivity contribution in [2.75, 3.05) is 13.1 Å². The van der Waals surface area contributed by atoms with Gasteiger partial charge in [-0.15, -0.1) is 24.0 Å². The molecule has 2 aromatic rings. The molecule has 2 rings (SSSR count). The zero-order valence-corrected chi connectivity index (χ0v) is 16.3. The highest BCUT2D eigenvalue weighted by Gasteiger charge is 2.04. The summed E-state index contributed by atoms with van der Waals surface area (Å²) in [6.45, 7) is 3.57.